The Labute approximate surface area is 180 Å². The molecule has 9 heteroatoms. The fourth-order valence-corrected chi connectivity index (χ4v) is 5.31. The van der Waals surface area contributed by atoms with E-state index in [0.29, 0.717) is 31.0 Å². The van der Waals surface area contributed by atoms with Crippen molar-refractivity contribution in [2.24, 2.45) is 0 Å². The second-order valence-corrected chi connectivity index (χ2v) is 9.48. The van der Waals surface area contributed by atoms with Gasteiger partial charge in [-0.1, -0.05) is 6.07 Å². The number of hydrogen-bond donors (Lipinski definition) is 1. The van der Waals surface area contributed by atoms with Gasteiger partial charge in [-0.05, 0) is 55.3 Å². The van der Waals surface area contributed by atoms with Gasteiger partial charge in [0.15, 0.2) is 0 Å². The fourth-order valence-electron chi connectivity index (χ4n) is 3.73. The van der Waals surface area contributed by atoms with Crippen LogP contribution >= 0.6 is 0 Å². The summed E-state index contributed by atoms with van der Waals surface area (Å²) < 4.78 is 51.7. The molecule has 0 unspecified atom stereocenters. The summed E-state index contributed by atoms with van der Waals surface area (Å²) in [6.07, 6.45) is 0.684. The van der Waals surface area contributed by atoms with Crippen molar-refractivity contribution in [1.82, 2.24) is 14.5 Å². The molecule has 0 amide bonds. The third-order valence-corrected chi connectivity index (χ3v) is 7.28. The highest BCUT2D eigenvalue weighted by atomic mass is 32.2. The predicted octanol–water partition coefficient (Wildman–Crippen LogP) is 3.62. The van der Waals surface area contributed by atoms with Crippen LogP contribution in [0.1, 0.15) is 29.3 Å². The lowest BCUT2D eigenvalue weighted by Crippen LogP contribution is -2.28. The van der Waals surface area contributed by atoms with Gasteiger partial charge in [-0.3, -0.25) is 5.10 Å². The van der Waals surface area contributed by atoms with E-state index in [-0.39, 0.29) is 23.2 Å². The van der Waals surface area contributed by atoms with Crippen molar-refractivity contribution in [2.75, 3.05) is 20.2 Å². The van der Waals surface area contributed by atoms with Crippen molar-refractivity contribution in [1.29, 1.82) is 0 Å². The van der Waals surface area contributed by atoms with Crippen molar-refractivity contribution in [3.63, 3.8) is 0 Å². The number of aromatic nitrogens is 2. The summed E-state index contributed by atoms with van der Waals surface area (Å²) in [6, 6.07) is 12.7. The lowest BCUT2D eigenvalue weighted by Gasteiger charge is -2.17. The molecule has 0 aliphatic carbocycles. The van der Waals surface area contributed by atoms with Gasteiger partial charge < -0.3 is 9.47 Å². The molecule has 0 bridgehead atoms. The van der Waals surface area contributed by atoms with Crippen LogP contribution in [0.2, 0.25) is 0 Å². The van der Waals surface area contributed by atoms with E-state index in [1.165, 1.54) is 16.4 Å². The maximum Gasteiger partial charge on any atom is 0.243 e. The first kappa shape index (κ1) is 21.3. The molecule has 0 spiro atoms. The molecule has 0 saturated carbocycles. The Balaban J connectivity index is 1.41. The molecular formula is C22H24FN3O4S. The second-order valence-electron chi connectivity index (χ2n) is 7.54. The summed E-state index contributed by atoms with van der Waals surface area (Å²) in [6.45, 7) is 2.83. The minimum absolute atomic E-state index is 0.00621. The van der Waals surface area contributed by atoms with Gasteiger partial charge in [-0.2, -0.15) is 9.40 Å². The topological polar surface area (TPSA) is 84.5 Å². The molecule has 7 nitrogen and oxygen atoms in total. The predicted molar refractivity (Wildman–Crippen MR) is 113 cm³/mol. The van der Waals surface area contributed by atoms with E-state index in [9.17, 15) is 12.8 Å². The first-order chi connectivity index (χ1) is 14.9. The fraction of sp³-hybridized carbons (Fsp3) is 0.318. The van der Waals surface area contributed by atoms with Crippen LogP contribution in [0, 0.1) is 12.7 Å². The van der Waals surface area contributed by atoms with Crippen LogP contribution in [-0.4, -0.2) is 43.1 Å². The molecule has 3 aromatic rings. The Morgan fingerprint density at radius 2 is 2.06 bits per heavy atom. The summed E-state index contributed by atoms with van der Waals surface area (Å²) >= 11 is 0. The van der Waals surface area contributed by atoms with Crippen LogP contribution in [0.15, 0.2) is 53.4 Å². The number of rotatable bonds is 7. The maximum atomic E-state index is 13.3. The zero-order valence-electron chi connectivity index (χ0n) is 17.3. The molecule has 1 atom stereocenters. The van der Waals surface area contributed by atoms with E-state index in [1.807, 2.05) is 13.0 Å². The Morgan fingerprint density at radius 1 is 1.23 bits per heavy atom. The molecule has 1 aliphatic heterocycles. The molecule has 164 valence electrons. The van der Waals surface area contributed by atoms with Crippen LogP contribution < -0.4 is 9.47 Å². The first-order valence-electron chi connectivity index (χ1n) is 9.94. The zero-order chi connectivity index (χ0) is 22.0. The monoisotopic (exact) mass is 445 g/mol. The highest BCUT2D eigenvalue weighted by molar-refractivity contribution is 7.89. The molecule has 1 N–H and O–H groups in total. The number of benzene rings is 2. The van der Waals surface area contributed by atoms with Gasteiger partial charge in [0.1, 0.15) is 23.9 Å². The van der Waals surface area contributed by atoms with Crippen molar-refractivity contribution in [3.05, 3.63) is 71.3 Å². The number of hydrogen-bond acceptors (Lipinski definition) is 5. The second kappa shape index (κ2) is 8.68. The number of aryl methyl sites for hydroxylation is 1. The molecule has 1 saturated heterocycles. The molecule has 0 radical (unpaired) electrons. The number of nitrogens with one attached hydrogen (secondary N) is 1. The lowest BCUT2D eigenvalue weighted by molar-refractivity contribution is 0.299. The molecule has 31 heavy (non-hydrogen) atoms. The smallest absolute Gasteiger partial charge is 0.243 e. The number of nitrogens with zero attached hydrogens (tertiary/aromatic N) is 2. The summed E-state index contributed by atoms with van der Waals surface area (Å²) in [7, 11) is -2.03. The third-order valence-electron chi connectivity index (χ3n) is 5.41. The van der Waals surface area contributed by atoms with Gasteiger partial charge in [0.2, 0.25) is 10.0 Å². The highest BCUT2D eigenvalue weighted by Crippen LogP contribution is 2.32. The summed E-state index contributed by atoms with van der Waals surface area (Å²) in [4.78, 5) is 0.262. The number of methoxy groups -OCH3 is 1. The molecule has 1 fully saturated rings. The van der Waals surface area contributed by atoms with Gasteiger partial charge in [0.05, 0.1) is 23.4 Å². The number of aromatic amines is 1. The van der Waals surface area contributed by atoms with Gasteiger partial charge in [-0.25, -0.2) is 12.8 Å². The third kappa shape index (κ3) is 4.57. The van der Waals surface area contributed by atoms with Gasteiger partial charge in [-0.15, -0.1) is 0 Å². The molecule has 4 rings (SSSR count). The van der Waals surface area contributed by atoms with Gasteiger partial charge in [0.25, 0.3) is 0 Å². The standard InChI is InChI=1S/C22H24FN3O4S/c1-15-10-20(6-7-22(15)29-2)31(27,28)26-9-8-16(13-26)21-12-18(24-25-21)14-30-19-5-3-4-17(23)11-19/h3-7,10-12,16H,8-9,13-14H2,1-2H3,(H,24,25)/t16-/m1/s1. The zero-order valence-corrected chi connectivity index (χ0v) is 18.2. The summed E-state index contributed by atoms with van der Waals surface area (Å²) in [5.74, 6) is 0.724. The van der Waals surface area contributed by atoms with Crippen molar-refractivity contribution < 1.29 is 22.3 Å². The van der Waals surface area contributed by atoms with E-state index in [1.54, 1.807) is 37.4 Å². The van der Waals surface area contributed by atoms with E-state index in [2.05, 4.69) is 10.2 Å². The van der Waals surface area contributed by atoms with E-state index < -0.39 is 10.0 Å². The molecular weight excluding hydrogens is 421 g/mol. The number of halogens is 1. The molecule has 2 heterocycles. The highest BCUT2D eigenvalue weighted by Gasteiger charge is 2.34. The van der Waals surface area contributed by atoms with Crippen LogP contribution in [0.4, 0.5) is 4.39 Å². The van der Waals surface area contributed by atoms with E-state index in [0.717, 1.165) is 17.0 Å². The van der Waals surface area contributed by atoms with Crippen molar-refractivity contribution in [2.45, 2.75) is 30.8 Å². The Kier molecular flexibility index (Phi) is 5.97. The number of ether oxygens (including phenoxy) is 2. The minimum Gasteiger partial charge on any atom is -0.496 e. The molecule has 1 aromatic heterocycles. The van der Waals surface area contributed by atoms with Crippen LogP contribution in [0.25, 0.3) is 0 Å². The SMILES string of the molecule is COc1ccc(S(=O)(=O)N2CC[C@@H](c3cc(COc4cccc(F)c4)[nH]n3)C2)cc1C. The Hall–Kier alpha value is -2.91. The van der Waals surface area contributed by atoms with Gasteiger partial charge in [0, 0.05) is 25.1 Å². The summed E-state index contributed by atoms with van der Waals surface area (Å²) in [5, 5.41) is 7.26. The lowest BCUT2D eigenvalue weighted by atomic mass is 10.1. The first-order valence-corrected chi connectivity index (χ1v) is 11.4. The minimum atomic E-state index is -3.59. The van der Waals surface area contributed by atoms with Crippen LogP contribution in [0.3, 0.4) is 0 Å². The molecule has 2 aromatic carbocycles. The number of sulfonamides is 1. The Bertz CT molecular complexity index is 1180. The summed E-state index contributed by atoms with van der Waals surface area (Å²) in [5.41, 5.74) is 2.31. The average Bonchev–Trinajstić information content (AvgIpc) is 3.42. The Morgan fingerprint density at radius 3 is 2.81 bits per heavy atom. The normalized spacial score (nSPS) is 17.1. The van der Waals surface area contributed by atoms with E-state index in [4.69, 9.17) is 9.47 Å². The van der Waals surface area contributed by atoms with Crippen LogP contribution in [0.5, 0.6) is 11.5 Å². The largest absolute Gasteiger partial charge is 0.496 e. The average molecular weight is 446 g/mol. The maximum absolute atomic E-state index is 13.3. The van der Waals surface area contributed by atoms with Crippen LogP contribution in [-0.2, 0) is 16.6 Å². The van der Waals surface area contributed by atoms with Gasteiger partial charge >= 0.3 is 0 Å². The molecule has 1 aliphatic rings. The van der Waals surface area contributed by atoms with Crippen molar-refractivity contribution >= 4 is 10.0 Å². The quantitative estimate of drug-likeness (QED) is 0.600. The van der Waals surface area contributed by atoms with E-state index >= 15 is 0 Å². The van der Waals surface area contributed by atoms with Crippen molar-refractivity contribution in [3.8, 4) is 11.5 Å². The number of H-pyrrole nitrogens is 1.